The van der Waals surface area contributed by atoms with Crippen molar-refractivity contribution in [1.82, 2.24) is 10.2 Å². The molecule has 0 saturated heterocycles. The minimum atomic E-state index is -0.131. The van der Waals surface area contributed by atoms with Crippen LogP contribution in [0.25, 0.3) is 10.6 Å². The minimum absolute atomic E-state index is 0.131. The van der Waals surface area contributed by atoms with Crippen molar-refractivity contribution in [3.8, 4) is 10.6 Å². The van der Waals surface area contributed by atoms with E-state index >= 15 is 0 Å². The Morgan fingerprint density at radius 3 is 2.61 bits per heavy atom. The Kier molecular flexibility index (Phi) is 4.89. The van der Waals surface area contributed by atoms with Crippen molar-refractivity contribution < 1.29 is 4.79 Å². The lowest BCUT2D eigenvalue weighted by atomic mass is 10.2. The van der Waals surface area contributed by atoms with Gasteiger partial charge < -0.3 is 5.73 Å². The van der Waals surface area contributed by atoms with Crippen molar-refractivity contribution in [2.75, 3.05) is 16.8 Å². The molecule has 3 rings (SSSR count). The molecule has 23 heavy (non-hydrogen) atoms. The van der Waals surface area contributed by atoms with E-state index in [4.69, 9.17) is 5.73 Å². The Balaban J connectivity index is 1.58. The second-order valence-corrected chi connectivity index (χ2v) is 6.65. The monoisotopic (exact) mass is 342 g/mol. The molecule has 5 nitrogen and oxygen atoms in total. The van der Waals surface area contributed by atoms with E-state index in [0.717, 1.165) is 15.5 Å². The van der Waals surface area contributed by atoms with Gasteiger partial charge in [0.25, 0.3) is 0 Å². The lowest BCUT2D eigenvalue weighted by Gasteiger charge is -2.04. The number of thioether (sulfide) groups is 1. The number of hydrogen-bond acceptors (Lipinski definition) is 6. The number of nitrogens with zero attached hydrogens (tertiary/aromatic N) is 2. The van der Waals surface area contributed by atoms with E-state index < -0.39 is 0 Å². The molecule has 1 amide bonds. The predicted molar refractivity (Wildman–Crippen MR) is 95.6 cm³/mol. The minimum Gasteiger partial charge on any atom is -0.398 e. The SMILES string of the molecule is Nc1ccccc1SCC(=O)Nc1nnc(-c2ccccc2)s1. The molecule has 116 valence electrons. The van der Waals surface area contributed by atoms with Crippen LogP contribution in [0.15, 0.2) is 59.5 Å². The standard InChI is InChI=1S/C16H14N4OS2/c17-12-8-4-5-9-13(12)22-10-14(21)18-16-20-19-15(23-16)11-6-2-1-3-7-11/h1-9H,10,17H2,(H,18,20,21). The lowest BCUT2D eigenvalue weighted by Crippen LogP contribution is -2.13. The van der Waals surface area contributed by atoms with Gasteiger partial charge in [-0.1, -0.05) is 53.8 Å². The summed E-state index contributed by atoms with van der Waals surface area (Å²) < 4.78 is 0. The highest BCUT2D eigenvalue weighted by Gasteiger charge is 2.10. The number of hydrogen-bond donors (Lipinski definition) is 2. The number of rotatable bonds is 5. The highest BCUT2D eigenvalue weighted by atomic mass is 32.2. The van der Waals surface area contributed by atoms with E-state index in [1.165, 1.54) is 23.1 Å². The molecular weight excluding hydrogens is 328 g/mol. The van der Waals surface area contributed by atoms with E-state index in [1.807, 2.05) is 54.6 Å². The zero-order valence-electron chi connectivity index (χ0n) is 12.1. The number of aromatic nitrogens is 2. The summed E-state index contributed by atoms with van der Waals surface area (Å²) in [5.41, 5.74) is 7.51. The number of benzene rings is 2. The van der Waals surface area contributed by atoms with E-state index in [1.54, 1.807) is 0 Å². The van der Waals surface area contributed by atoms with Gasteiger partial charge >= 0.3 is 0 Å². The fourth-order valence-electron chi connectivity index (χ4n) is 1.88. The number of nitrogen functional groups attached to an aromatic ring is 1. The lowest BCUT2D eigenvalue weighted by molar-refractivity contribution is -0.113. The number of carbonyl (C=O) groups excluding carboxylic acids is 1. The number of nitrogens with one attached hydrogen (secondary N) is 1. The molecule has 0 unspecified atom stereocenters. The zero-order chi connectivity index (χ0) is 16.1. The summed E-state index contributed by atoms with van der Waals surface area (Å²) in [5, 5.41) is 12.1. The van der Waals surface area contributed by atoms with Gasteiger partial charge in [-0.3, -0.25) is 10.1 Å². The molecule has 0 atom stereocenters. The number of nitrogens with two attached hydrogens (primary N) is 1. The highest BCUT2D eigenvalue weighted by molar-refractivity contribution is 8.00. The molecular formula is C16H14N4OS2. The third-order valence-corrected chi connectivity index (χ3v) is 4.95. The van der Waals surface area contributed by atoms with Gasteiger partial charge in [-0.15, -0.1) is 22.0 Å². The highest BCUT2D eigenvalue weighted by Crippen LogP contribution is 2.27. The second-order valence-electron chi connectivity index (χ2n) is 4.65. The maximum absolute atomic E-state index is 12.0. The van der Waals surface area contributed by atoms with Gasteiger partial charge in [0.15, 0.2) is 0 Å². The maximum Gasteiger partial charge on any atom is 0.236 e. The van der Waals surface area contributed by atoms with Crippen LogP contribution < -0.4 is 11.1 Å². The van der Waals surface area contributed by atoms with Gasteiger partial charge in [0.2, 0.25) is 11.0 Å². The zero-order valence-corrected chi connectivity index (χ0v) is 13.7. The van der Waals surface area contributed by atoms with Crippen LogP contribution in [0.4, 0.5) is 10.8 Å². The van der Waals surface area contributed by atoms with E-state index in [0.29, 0.717) is 10.8 Å². The van der Waals surface area contributed by atoms with E-state index in [-0.39, 0.29) is 11.7 Å². The summed E-state index contributed by atoms with van der Waals surface area (Å²) in [5.74, 6) is 0.142. The Bertz CT molecular complexity index is 805. The van der Waals surface area contributed by atoms with Gasteiger partial charge in [0.05, 0.1) is 5.75 Å². The predicted octanol–water partition coefficient (Wildman–Crippen LogP) is 3.52. The molecule has 3 N–H and O–H groups in total. The molecule has 0 bridgehead atoms. The summed E-state index contributed by atoms with van der Waals surface area (Å²) in [6.45, 7) is 0. The fourth-order valence-corrected chi connectivity index (χ4v) is 3.42. The van der Waals surface area contributed by atoms with Crippen LogP contribution in [-0.4, -0.2) is 21.9 Å². The first-order valence-corrected chi connectivity index (χ1v) is 8.68. The van der Waals surface area contributed by atoms with Crippen molar-refractivity contribution in [3.63, 3.8) is 0 Å². The van der Waals surface area contributed by atoms with Crippen LogP contribution in [0.1, 0.15) is 0 Å². The summed E-state index contributed by atoms with van der Waals surface area (Å²) in [6.07, 6.45) is 0. The molecule has 2 aromatic carbocycles. The second kappa shape index (κ2) is 7.26. The summed E-state index contributed by atoms with van der Waals surface area (Å²) in [6, 6.07) is 17.2. The van der Waals surface area contributed by atoms with Gasteiger partial charge in [0, 0.05) is 16.1 Å². The van der Waals surface area contributed by atoms with E-state index in [2.05, 4.69) is 15.5 Å². The van der Waals surface area contributed by atoms with Gasteiger partial charge in [-0.05, 0) is 12.1 Å². The van der Waals surface area contributed by atoms with Crippen LogP contribution in [0.3, 0.4) is 0 Å². The largest absolute Gasteiger partial charge is 0.398 e. The van der Waals surface area contributed by atoms with Gasteiger partial charge in [0.1, 0.15) is 5.01 Å². The molecule has 0 saturated carbocycles. The quantitative estimate of drug-likeness (QED) is 0.548. The molecule has 0 spiro atoms. The molecule has 0 aliphatic rings. The van der Waals surface area contributed by atoms with Crippen LogP contribution in [0, 0.1) is 0 Å². The number of amides is 1. The van der Waals surface area contributed by atoms with Crippen molar-refractivity contribution >= 4 is 39.8 Å². The first-order valence-electron chi connectivity index (χ1n) is 6.88. The first-order chi connectivity index (χ1) is 11.2. The molecule has 0 aliphatic carbocycles. The summed E-state index contributed by atoms with van der Waals surface area (Å²) in [7, 11) is 0. The van der Waals surface area contributed by atoms with Gasteiger partial charge in [-0.25, -0.2) is 0 Å². The Hall–Kier alpha value is -2.38. The van der Waals surface area contributed by atoms with Crippen molar-refractivity contribution in [1.29, 1.82) is 0 Å². The Morgan fingerprint density at radius 2 is 1.83 bits per heavy atom. The van der Waals surface area contributed by atoms with Crippen LogP contribution in [0.5, 0.6) is 0 Å². The molecule has 0 fully saturated rings. The van der Waals surface area contributed by atoms with Crippen LogP contribution in [-0.2, 0) is 4.79 Å². The topological polar surface area (TPSA) is 80.9 Å². The smallest absolute Gasteiger partial charge is 0.236 e. The van der Waals surface area contributed by atoms with Crippen LogP contribution >= 0.6 is 23.1 Å². The Morgan fingerprint density at radius 1 is 1.09 bits per heavy atom. The van der Waals surface area contributed by atoms with Gasteiger partial charge in [-0.2, -0.15) is 0 Å². The normalized spacial score (nSPS) is 10.4. The van der Waals surface area contributed by atoms with Crippen molar-refractivity contribution in [3.05, 3.63) is 54.6 Å². The van der Waals surface area contributed by atoms with Crippen molar-refractivity contribution in [2.24, 2.45) is 0 Å². The third-order valence-electron chi connectivity index (χ3n) is 2.97. The first kappa shape index (κ1) is 15.5. The average Bonchev–Trinajstić information content (AvgIpc) is 3.03. The van der Waals surface area contributed by atoms with Crippen LogP contribution in [0.2, 0.25) is 0 Å². The number of anilines is 2. The number of carbonyl (C=O) groups is 1. The number of para-hydroxylation sites is 1. The van der Waals surface area contributed by atoms with Crippen molar-refractivity contribution in [2.45, 2.75) is 4.90 Å². The summed E-state index contributed by atoms with van der Waals surface area (Å²) >= 11 is 2.75. The molecule has 7 heteroatoms. The molecule has 0 radical (unpaired) electrons. The molecule has 0 aliphatic heterocycles. The molecule has 1 heterocycles. The maximum atomic E-state index is 12.0. The Labute approximate surface area is 141 Å². The molecule has 3 aromatic rings. The summed E-state index contributed by atoms with van der Waals surface area (Å²) in [4.78, 5) is 12.9. The fraction of sp³-hybridized carbons (Fsp3) is 0.0625. The molecule has 1 aromatic heterocycles. The van der Waals surface area contributed by atoms with E-state index in [9.17, 15) is 4.79 Å². The average molecular weight is 342 g/mol. The third kappa shape index (κ3) is 4.08.